The molecule has 0 spiro atoms. The summed E-state index contributed by atoms with van der Waals surface area (Å²) < 4.78 is 0. The normalized spacial score (nSPS) is 12.2. The standard InChI is InChI=1S/C12H13ClO4S/c1-18-10-5-7(4-8(14)6-13)2-3-9(10)11(15)12(16)17/h2-3,5,11,15H,4,6H2,1H3,(H,16,17). The van der Waals surface area contributed by atoms with Gasteiger partial charge in [0.15, 0.2) is 11.9 Å². The molecular weight excluding hydrogens is 276 g/mol. The molecule has 98 valence electrons. The van der Waals surface area contributed by atoms with E-state index in [9.17, 15) is 14.7 Å². The Morgan fingerprint density at radius 2 is 2.11 bits per heavy atom. The number of aliphatic hydroxyl groups excluding tert-OH is 1. The summed E-state index contributed by atoms with van der Waals surface area (Å²) in [4.78, 5) is 22.6. The van der Waals surface area contributed by atoms with E-state index in [4.69, 9.17) is 16.7 Å². The number of aliphatic carboxylic acids is 1. The van der Waals surface area contributed by atoms with Crippen molar-refractivity contribution in [2.75, 3.05) is 12.1 Å². The molecule has 0 aromatic heterocycles. The summed E-state index contributed by atoms with van der Waals surface area (Å²) in [5.41, 5.74) is 1.09. The van der Waals surface area contributed by atoms with Gasteiger partial charge in [-0.3, -0.25) is 4.79 Å². The van der Waals surface area contributed by atoms with E-state index in [-0.39, 0.29) is 18.1 Å². The van der Waals surface area contributed by atoms with Crippen LogP contribution in [0.4, 0.5) is 0 Å². The second-order valence-electron chi connectivity index (χ2n) is 3.67. The lowest BCUT2D eigenvalue weighted by molar-refractivity contribution is -0.147. The van der Waals surface area contributed by atoms with Gasteiger partial charge in [-0.1, -0.05) is 12.1 Å². The number of aliphatic hydroxyl groups is 1. The van der Waals surface area contributed by atoms with Crippen molar-refractivity contribution in [3.05, 3.63) is 29.3 Å². The van der Waals surface area contributed by atoms with Crippen LogP contribution in [0, 0.1) is 0 Å². The van der Waals surface area contributed by atoms with Gasteiger partial charge < -0.3 is 10.2 Å². The Labute approximate surface area is 114 Å². The number of thioether (sulfide) groups is 1. The summed E-state index contributed by atoms with van der Waals surface area (Å²) in [7, 11) is 0. The van der Waals surface area contributed by atoms with Crippen LogP contribution in [0.15, 0.2) is 23.1 Å². The molecular formula is C12H13ClO4S. The second kappa shape index (κ2) is 6.78. The van der Waals surface area contributed by atoms with E-state index in [1.165, 1.54) is 17.8 Å². The third-order valence-corrected chi connectivity index (χ3v) is 3.47. The highest BCUT2D eigenvalue weighted by Gasteiger charge is 2.19. The molecule has 6 heteroatoms. The number of ketones is 1. The zero-order chi connectivity index (χ0) is 13.7. The molecule has 1 rings (SSSR count). The maximum atomic E-state index is 11.2. The maximum absolute atomic E-state index is 11.2. The third kappa shape index (κ3) is 3.73. The van der Waals surface area contributed by atoms with E-state index >= 15 is 0 Å². The summed E-state index contributed by atoms with van der Waals surface area (Å²) in [6.07, 6.45) is 0.436. The number of carboxylic acid groups (broad SMARTS) is 1. The molecule has 18 heavy (non-hydrogen) atoms. The Balaban J connectivity index is 3.03. The van der Waals surface area contributed by atoms with Crippen molar-refractivity contribution in [3.63, 3.8) is 0 Å². The number of hydrogen-bond acceptors (Lipinski definition) is 4. The topological polar surface area (TPSA) is 74.6 Å². The Bertz CT molecular complexity index is 461. The lowest BCUT2D eigenvalue weighted by Crippen LogP contribution is -2.12. The molecule has 1 aromatic rings. The number of hydrogen-bond donors (Lipinski definition) is 2. The molecule has 0 fully saturated rings. The van der Waals surface area contributed by atoms with E-state index < -0.39 is 12.1 Å². The largest absolute Gasteiger partial charge is 0.479 e. The molecule has 0 amide bonds. The molecule has 4 nitrogen and oxygen atoms in total. The fourth-order valence-corrected chi connectivity index (χ4v) is 2.28. The molecule has 0 aliphatic carbocycles. The average molecular weight is 289 g/mol. The number of Topliss-reactive ketones (excluding diaryl/α,β-unsaturated/α-hetero) is 1. The first-order valence-electron chi connectivity index (χ1n) is 5.15. The van der Waals surface area contributed by atoms with Gasteiger partial charge in [-0.05, 0) is 17.9 Å². The van der Waals surface area contributed by atoms with E-state index in [1.54, 1.807) is 18.4 Å². The van der Waals surface area contributed by atoms with E-state index in [2.05, 4.69) is 0 Å². The number of benzene rings is 1. The van der Waals surface area contributed by atoms with Crippen molar-refractivity contribution >= 4 is 35.1 Å². The summed E-state index contributed by atoms with van der Waals surface area (Å²) in [5, 5.41) is 18.3. The molecule has 0 aliphatic rings. The Hall–Kier alpha value is -1.04. The van der Waals surface area contributed by atoms with Crippen LogP contribution in [-0.4, -0.2) is 34.1 Å². The number of halogens is 1. The fourth-order valence-electron chi connectivity index (χ4n) is 1.50. The van der Waals surface area contributed by atoms with Crippen molar-refractivity contribution in [1.82, 2.24) is 0 Å². The average Bonchev–Trinajstić information content (AvgIpc) is 2.37. The van der Waals surface area contributed by atoms with Gasteiger partial charge in [0, 0.05) is 16.9 Å². The van der Waals surface area contributed by atoms with Gasteiger partial charge >= 0.3 is 5.97 Å². The molecule has 1 unspecified atom stereocenters. The first-order chi connectivity index (χ1) is 8.49. The zero-order valence-corrected chi connectivity index (χ0v) is 11.3. The smallest absolute Gasteiger partial charge is 0.337 e. The van der Waals surface area contributed by atoms with E-state index in [1.807, 2.05) is 0 Å². The van der Waals surface area contributed by atoms with Gasteiger partial charge in [0.05, 0.1) is 5.88 Å². The number of alkyl halides is 1. The molecule has 0 radical (unpaired) electrons. The molecule has 1 aromatic carbocycles. The first-order valence-corrected chi connectivity index (χ1v) is 6.90. The highest BCUT2D eigenvalue weighted by atomic mass is 35.5. The SMILES string of the molecule is CSc1cc(CC(=O)CCl)ccc1C(O)C(=O)O. The van der Waals surface area contributed by atoms with Gasteiger partial charge in [0.2, 0.25) is 0 Å². The first kappa shape index (κ1) is 15.0. The van der Waals surface area contributed by atoms with Crippen LogP contribution >= 0.6 is 23.4 Å². The number of rotatable bonds is 6. The van der Waals surface area contributed by atoms with Crippen LogP contribution in [0.1, 0.15) is 17.2 Å². The lowest BCUT2D eigenvalue weighted by atomic mass is 10.0. The van der Waals surface area contributed by atoms with Crippen molar-refractivity contribution in [1.29, 1.82) is 0 Å². The van der Waals surface area contributed by atoms with Gasteiger partial charge in [-0.15, -0.1) is 23.4 Å². The van der Waals surface area contributed by atoms with Crippen LogP contribution in [-0.2, 0) is 16.0 Å². The molecule has 1 atom stereocenters. The van der Waals surface area contributed by atoms with Crippen LogP contribution in [0.5, 0.6) is 0 Å². The minimum Gasteiger partial charge on any atom is -0.479 e. The predicted molar refractivity (Wildman–Crippen MR) is 70.2 cm³/mol. The quantitative estimate of drug-likeness (QED) is 0.617. The highest BCUT2D eigenvalue weighted by molar-refractivity contribution is 7.98. The van der Waals surface area contributed by atoms with Gasteiger partial charge in [0.25, 0.3) is 0 Å². The van der Waals surface area contributed by atoms with Crippen molar-refractivity contribution in [2.24, 2.45) is 0 Å². The minimum atomic E-state index is -1.55. The van der Waals surface area contributed by atoms with Crippen molar-refractivity contribution < 1.29 is 19.8 Å². The summed E-state index contributed by atoms with van der Waals surface area (Å²) in [6.45, 7) is 0. The number of carboxylic acids is 1. The molecule has 0 bridgehead atoms. The molecule has 0 saturated heterocycles. The molecule has 0 heterocycles. The molecule has 2 N–H and O–H groups in total. The maximum Gasteiger partial charge on any atom is 0.337 e. The van der Waals surface area contributed by atoms with Crippen molar-refractivity contribution in [2.45, 2.75) is 17.4 Å². The number of carbonyl (C=O) groups excluding carboxylic acids is 1. The summed E-state index contributed by atoms with van der Waals surface area (Å²) in [5.74, 6) is -1.45. The summed E-state index contributed by atoms with van der Waals surface area (Å²) in [6, 6.07) is 4.86. The number of carbonyl (C=O) groups is 2. The van der Waals surface area contributed by atoms with Crippen LogP contribution in [0.25, 0.3) is 0 Å². The van der Waals surface area contributed by atoms with E-state index in [0.717, 1.165) is 5.56 Å². The minimum absolute atomic E-state index is 0.0475. The third-order valence-electron chi connectivity index (χ3n) is 2.38. The van der Waals surface area contributed by atoms with E-state index in [0.29, 0.717) is 10.5 Å². The Morgan fingerprint density at radius 1 is 1.44 bits per heavy atom. The van der Waals surface area contributed by atoms with Crippen LogP contribution in [0.2, 0.25) is 0 Å². The van der Waals surface area contributed by atoms with Crippen molar-refractivity contribution in [3.8, 4) is 0 Å². The van der Waals surface area contributed by atoms with Gasteiger partial charge in [-0.25, -0.2) is 4.79 Å². The molecule has 0 saturated carbocycles. The zero-order valence-electron chi connectivity index (χ0n) is 9.72. The molecule has 0 aliphatic heterocycles. The lowest BCUT2D eigenvalue weighted by Gasteiger charge is -2.12. The van der Waals surface area contributed by atoms with Crippen LogP contribution in [0.3, 0.4) is 0 Å². The highest BCUT2D eigenvalue weighted by Crippen LogP contribution is 2.27. The monoisotopic (exact) mass is 288 g/mol. The van der Waals surface area contributed by atoms with Crippen LogP contribution < -0.4 is 0 Å². The Morgan fingerprint density at radius 3 is 2.61 bits per heavy atom. The second-order valence-corrected chi connectivity index (χ2v) is 4.78. The summed E-state index contributed by atoms with van der Waals surface area (Å²) >= 11 is 6.75. The fraction of sp³-hybridized carbons (Fsp3) is 0.333. The predicted octanol–water partition coefficient (Wildman–Crippen LogP) is 1.88. The van der Waals surface area contributed by atoms with Gasteiger partial charge in [-0.2, -0.15) is 0 Å². The Kier molecular flexibility index (Phi) is 5.65. The van der Waals surface area contributed by atoms with Gasteiger partial charge in [0.1, 0.15) is 0 Å².